The zero-order valence-electron chi connectivity index (χ0n) is 10.1. The van der Waals surface area contributed by atoms with Crippen LogP contribution < -0.4 is 10.6 Å². The molecule has 2 aromatic rings. The lowest BCUT2D eigenvalue weighted by Gasteiger charge is -2.11. The van der Waals surface area contributed by atoms with Crippen LogP contribution in [0.15, 0.2) is 18.2 Å². The van der Waals surface area contributed by atoms with Crippen molar-refractivity contribution < 1.29 is 4.39 Å². The summed E-state index contributed by atoms with van der Waals surface area (Å²) in [6.07, 6.45) is 0.932. The van der Waals surface area contributed by atoms with Gasteiger partial charge in [-0.15, -0.1) is 5.10 Å². The van der Waals surface area contributed by atoms with E-state index in [1.165, 1.54) is 12.1 Å². The second kappa shape index (κ2) is 4.79. The number of nitrogens with two attached hydrogens (primary N) is 1. The summed E-state index contributed by atoms with van der Waals surface area (Å²) in [7, 11) is 0. The molecule has 1 atom stereocenters. The number of benzene rings is 1. The van der Waals surface area contributed by atoms with E-state index in [0.29, 0.717) is 22.4 Å². The fraction of sp³-hybridized carbons (Fsp3) is 0.333. The van der Waals surface area contributed by atoms with Gasteiger partial charge in [0, 0.05) is 24.7 Å². The van der Waals surface area contributed by atoms with Crippen molar-refractivity contribution in [2.24, 2.45) is 5.73 Å². The number of nitrogens with one attached hydrogen (secondary N) is 1. The predicted octanol–water partition coefficient (Wildman–Crippen LogP) is 1.80. The van der Waals surface area contributed by atoms with Crippen molar-refractivity contribution in [1.82, 2.24) is 15.2 Å². The van der Waals surface area contributed by atoms with Gasteiger partial charge in [0.05, 0.1) is 5.02 Å². The Morgan fingerprint density at radius 2 is 2.32 bits per heavy atom. The highest BCUT2D eigenvalue weighted by molar-refractivity contribution is 6.33. The molecule has 3 rings (SSSR count). The van der Waals surface area contributed by atoms with Gasteiger partial charge in [-0.1, -0.05) is 11.6 Å². The van der Waals surface area contributed by atoms with Crippen LogP contribution in [0, 0.1) is 5.82 Å². The first kappa shape index (κ1) is 12.4. The molecule has 1 aliphatic heterocycles. The number of aromatic amines is 1. The smallest absolute Gasteiger partial charge is 0.245 e. The third kappa shape index (κ3) is 2.41. The van der Waals surface area contributed by atoms with Gasteiger partial charge in [-0.05, 0) is 24.6 Å². The van der Waals surface area contributed by atoms with Crippen LogP contribution in [0.25, 0.3) is 11.4 Å². The van der Waals surface area contributed by atoms with Crippen LogP contribution in [-0.2, 0) is 0 Å². The molecule has 0 spiro atoms. The topological polar surface area (TPSA) is 70.8 Å². The van der Waals surface area contributed by atoms with Gasteiger partial charge in [0.25, 0.3) is 0 Å². The quantitative estimate of drug-likeness (QED) is 0.881. The lowest BCUT2D eigenvalue weighted by molar-refractivity contribution is 0.628. The van der Waals surface area contributed by atoms with E-state index in [1.807, 2.05) is 4.90 Å². The number of anilines is 1. The number of H-pyrrole nitrogens is 1. The minimum absolute atomic E-state index is 0.163. The SMILES string of the molecule is NC1CCN(c2n[nH]c(-c3ccc(F)cc3Cl)n2)C1. The van der Waals surface area contributed by atoms with Crippen molar-refractivity contribution in [3.05, 3.63) is 29.0 Å². The molecule has 0 bridgehead atoms. The van der Waals surface area contributed by atoms with E-state index in [2.05, 4.69) is 15.2 Å². The average Bonchev–Trinajstić information content (AvgIpc) is 2.97. The first-order chi connectivity index (χ1) is 9.13. The Kier molecular flexibility index (Phi) is 3.12. The molecular formula is C12H13ClFN5. The molecule has 1 unspecified atom stereocenters. The number of hydrogen-bond acceptors (Lipinski definition) is 4. The third-order valence-corrected chi connectivity index (χ3v) is 3.48. The molecule has 1 aliphatic rings. The molecule has 3 N–H and O–H groups in total. The van der Waals surface area contributed by atoms with E-state index in [4.69, 9.17) is 17.3 Å². The van der Waals surface area contributed by atoms with Crippen LogP contribution in [0.5, 0.6) is 0 Å². The summed E-state index contributed by atoms with van der Waals surface area (Å²) < 4.78 is 13.0. The molecule has 100 valence electrons. The van der Waals surface area contributed by atoms with E-state index in [1.54, 1.807) is 6.07 Å². The molecule has 19 heavy (non-hydrogen) atoms. The third-order valence-electron chi connectivity index (χ3n) is 3.17. The van der Waals surface area contributed by atoms with Gasteiger partial charge in [-0.2, -0.15) is 4.98 Å². The Balaban J connectivity index is 1.88. The van der Waals surface area contributed by atoms with E-state index >= 15 is 0 Å². The van der Waals surface area contributed by atoms with E-state index in [9.17, 15) is 4.39 Å². The molecule has 0 amide bonds. The fourth-order valence-electron chi connectivity index (χ4n) is 2.17. The molecule has 0 saturated carbocycles. The molecule has 0 radical (unpaired) electrons. The summed E-state index contributed by atoms with van der Waals surface area (Å²) in [5, 5.41) is 7.28. The zero-order chi connectivity index (χ0) is 13.4. The van der Waals surface area contributed by atoms with E-state index in [-0.39, 0.29) is 11.9 Å². The highest BCUT2D eigenvalue weighted by Gasteiger charge is 2.22. The molecular weight excluding hydrogens is 269 g/mol. The minimum Gasteiger partial charge on any atom is -0.338 e. The fourth-order valence-corrected chi connectivity index (χ4v) is 2.42. The molecule has 1 saturated heterocycles. The molecule has 1 aromatic heterocycles. The Morgan fingerprint density at radius 3 is 3.00 bits per heavy atom. The van der Waals surface area contributed by atoms with Gasteiger partial charge in [0.15, 0.2) is 5.82 Å². The van der Waals surface area contributed by atoms with Gasteiger partial charge in [-0.3, -0.25) is 5.10 Å². The Hall–Kier alpha value is -1.66. The second-order valence-electron chi connectivity index (χ2n) is 4.60. The van der Waals surface area contributed by atoms with Crippen molar-refractivity contribution in [1.29, 1.82) is 0 Å². The number of halogens is 2. The lowest BCUT2D eigenvalue weighted by atomic mass is 10.2. The van der Waals surface area contributed by atoms with Gasteiger partial charge in [0.1, 0.15) is 5.82 Å². The summed E-state index contributed by atoms with van der Waals surface area (Å²) in [6.45, 7) is 1.59. The van der Waals surface area contributed by atoms with E-state index in [0.717, 1.165) is 19.5 Å². The minimum atomic E-state index is -0.376. The number of nitrogens with zero attached hydrogens (tertiary/aromatic N) is 3. The largest absolute Gasteiger partial charge is 0.338 e. The standard InChI is InChI=1S/C12H13ClFN5/c13-10-5-7(14)1-2-9(10)11-16-12(18-17-11)19-4-3-8(15)6-19/h1-2,5,8H,3-4,6,15H2,(H,16,17,18). The summed E-state index contributed by atoms with van der Waals surface area (Å²) in [5.41, 5.74) is 6.48. The first-order valence-corrected chi connectivity index (χ1v) is 6.39. The Morgan fingerprint density at radius 1 is 1.47 bits per heavy atom. The molecule has 2 heterocycles. The maximum absolute atomic E-state index is 13.0. The molecule has 5 nitrogen and oxygen atoms in total. The van der Waals surface area contributed by atoms with E-state index < -0.39 is 0 Å². The van der Waals surface area contributed by atoms with Crippen molar-refractivity contribution in [2.45, 2.75) is 12.5 Å². The lowest BCUT2D eigenvalue weighted by Crippen LogP contribution is -2.26. The number of rotatable bonds is 2. The summed E-state index contributed by atoms with van der Waals surface area (Å²) in [5.74, 6) is 0.753. The molecule has 1 aromatic carbocycles. The Labute approximate surface area is 114 Å². The highest BCUT2D eigenvalue weighted by Crippen LogP contribution is 2.27. The van der Waals surface area contributed by atoms with Gasteiger partial charge >= 0.3 is 0 Å². The number of aromatic nitrogens is 3. The predicted molar refractivity (Wildman–Crippen MR) is 71.6 cm³/mol. The second-order valence-corrected chi connectivity index (χ2v) is 5.01. The molecule has 7 heteroatoms. The van der Waals surface area contributed by atoms with Crippen molar-refractivity contribution >= 4 is 17.5 Å². The van der Waals surface area contributed by atoms with Gasteiger partial charge in [-0.25, -0.2) is 4.39 Å². The summed E-state index contributed by atoms with van der Waals surface area (Å²) in [4.78, 5) is 6.40. The normalized spacial score (nSPS) is 19.1. The van der Waals surface area contributed by atoms with Crippen molar-refractivity contribution in [3.63, 3.8) is 0 Å². The van der Waals surface area contributed by atoms with Crippen LogP contribution in [0.1, 0.15) is 6.42 Å². The first-order valence-electron chi connectivity index (χ1n) is 6.02. The van der Waals surface area contributed by atoms with Gasteiger partial charge in [0.2, 0.25) is 5.95 Å². The Bertz CT molecular complexity index is 600. The van der Waals surface area contributed by atoms with Crippen molar-refractivity contribution in [2.75, 3.05) is 18.0 Å². The molecule has 1 fully saturated rings. The maximum Gasteiger partial charge on any atom is 0.245 e. The van der Waals surface area contributed by atoms with Gasteiger partial charge < -0.3 is 10.6 Å². The van der Waals surface area contributed by atoms with Crippen LogP contribution in [-0.4, -0.2) is 34.3 Å². The van der Waals surface area contributed by atoms with Crippen LogP contribution in [0.3, 0.4) is 0 Å². The zero-order valence-corrected chi connectivity index (χ0v) is 10.9. The summed E-state index contributed by atoms with van der Waals surface area (Å²) >= 11 is 5.99. The highest BCUT2D eigenvalue weighted by atomic mass is 35.5. The van der Waals surface area contributed by atoms with Crippen LogP contribution >= 0.6 is 11.6 Å². The average molecular weight is 282 g/mol. The number of hydrogen-bond donors (Lipinski definition) is 2. The van der Waals surface area contributed by atoms with Crippen molar-refractivity contribution in [3.8, 4) is 11.4 Å². The summed E-state index contributed by atoms with van der Waals surface area (Å²) in [6, 6.07) is 4.34. The maximum atomic E-state index is 13.0. The van der Waals surface area contributed by atoms with Crippen LogP contribution in [0.4, 0.5) is 10.3 Å². The molecule has 0 aliphatic carbocycles. The monoisotopic (exact) mass is 281 g/mol. The van der Waals surface area contributed by atoms with Crippen LogP contribution in [0.2, 0.25) is 5.02 Å².